The Morgan fingerprint density at radius 2 is 1.97 bits per heavy atom. The second kappa shape index (κ2) is 10.3. The number of hydrogen-bond donors (Lipinski definition) is 1. The van der Waals surface area contributed by atoms with E-state index in [2.05, 4.69) is 30.4 Å². The number of rotatable bonds is 8. The van der Waals surface area contributed by atoms with E-state index in [1.54, 1.807) is 7.11 Å². The molecule has 1 amide bonds. The molecular formula is C32H39NO5. The molecule has 38 heavy (non-hydrogen) atoms. The number of Topliss-reactive ketones (excluding diaryl/α,β-unsaturated/α-hetero) is 1. The first-order valence-corrected chi connectivity index (χ1v) is 14.3. The van der Waals surface area contributed by atoms with Crippen molar-refractivity contribution in [3.8, 4) is 17.2 Å². The third-order valence-corrected chi connectivity index (χ3v) is 9.93. The van der Waals surface area contributed by atoms with Gasteiger partial charge in [0.15, 0.2) is 11.5 Å². The van der Waals surface area contributed by atoms with Crippen LogP contribution in [0.1, 0.15) is 80.9 Å². The molecule has 5 atom stereocenters. The molecule has 0 saturated heterocycles. The molecule has 1 N–H and O–H groups in total. The maximum Gasteiger partial charge on any atom is 0.231 e. The third kappa shape index (κ3) is 4.56. The minimum absolute atomic E-state index is 0.0760. The Hall–Kier alpha value is -3.02. The van der Waals surface area contributed by atoms with Crippen LogP contribution in [0.5, 0.6) is 17.2 Å². The predicted octanol–water partition coefficient (Wildman–Crippen LogP) is 5.95. The molecule has 3 aliphatic carbocycles. The maximum atomic E-state index is 13.3. The second-order valence-corrected chi connectivity index (χ2v) is 12.0. The van der Waals surface area contributed by atoms with Gasteiger partial charge in [-0.2, -0.15) is 0 Å². The first kappa shape index (κ1) is 25.3. The molecular weight excluding hydrogens is 478 g/mol. The largest absolute Gasteiger partial charge is 0.497 e. The minimum atomic E-state index is -0.169. The zero-order valence-corrected chi connectivity index (χ0v) is 22.6. The number of fused-ring (bicyclic) bond motifs is 6. The number of carbonyl (C=O) groups excluding carboxylic acids is 2. The van der Waals surface area contributed by atoms with E-state index in [1.165, 1.54) is 11.1 Å². The standard InChI is InChI=1S/C32H39NO5/c1-32-14-13-25-24-11-9-23(36-2)16-21(24)8-10-26(25)31(32)22(17-29(32)34)5-3-4-6-30(35)33-18-20-7-12-27-28(15-20)38-19-37-27/h7,9,11-12,15-16,22,25-26,31H,3-6,8,10,13-14,17-19H2,1-2H3,(H,33,35)/t22-,25-,26-,31+,32-/m1/s1. The van der Waals surface area contributed by atoms with Crippen LogP contribution in [0.4, 0.5) is 0 Å². The fourth-order valence-electron chi connectivity index (χ4n) is 8.04. The molecule has 2 aromatic carbocycles. The zero-order valence-electron chi connectivity index (χ0n) is 22.6. The molecule has 0 bridgehead atoms. The molecule has 6 heteroatoms. The van der Waals surface area contributed by atoms with Gasteiger partial charge in [0.1, 0.15) is 11.5 Å². The minimum Gasteiger partial charge on any atom is -0.497 e. The van der Waals surface area contributed by atoms with Crippen LogP contribution in [0, 0.1) is 23.2 Å². The molecule has 0 radical (unpaired) electrons. The lowest BCUT2D eigenvalue weighted by atomic mass is 9.54. The van der Waals surface area contributed by atoms with Gasteiger partial charge in [-0.05, 0) is 103 Å². The Morgan fingerprint density at radius 1 is 1.11 bits per heavy atom. The van der Waals surface area contributed by atoms with Crippen molar-refractivity contribution in [2.45, 2.75) is 77.2 Å². The van der Waals surface area contributed by atoms with Gasteiger partial charge in [-0.15, -0.1) is 0 Å². The van der Waals surface area contributed by atoms with E-state index in [-0.39, 0.29) is 18.1 Å². The summed E-state index contributed by atoms with van der Waals surface area (Å²) in [6, 6.07) is 12.4. The number of amides is 1. The summed E-state index contributed by atoms with van der Waals surface area (Å²) in [5, 5.41) is 3.03. The number of nitrogens with one attached hydrogen (secondary N) is 1. The van der Waals surface area contributed by atoms with Crippen LogP contribution in [0.2, 0.25) is 0 Å². The van der Waals surface area contributed by atoms with Crippen molar-refractivity contribution in [3.63, 3.8) is 0 Å². The number of methoxy groups -OCH3 is 1. The highest BCUT2D eigenvalue weighted by Crippen LogP contribution is 2.62. The summed E-state index contributed by atoms with van der Waals surface area (Å²) in [6.07, 6.45) is 8.48. The van der Waals surface area contributed by atoms with E-state index in [9.17, 15) is 9.59 Å². The molecule has 1 heterocycles. The monoisotopic (exact) mass is 517 g/mol. The number of carbonyl (C=O) groups is 2. The molecule has 2 aromatic rings. The first-order chi connectivity index (χ1) is 18.5. The summed E-state index contributed by atoms with van der Waals surface area (Å²) in [4.78, 5) is 25.8. The van der Waals surface area contributed by atoms with Gasteiger partial charge in [0.25, 0.3) is 0 Å². The van der Waals surface area contributed by atoms with E-state index in [0.717, 1.165) is 74.2 Å². The van der Waals surface area contributed by atoms with Crippen molar-refractivity contribution in [2.75, 3.05) is 13.9 Å². The number of ether oxygens (including phenoxy) is 3. The smallest absolute Gasteiger partial charge is 0.231 e. The van der Waals surface area contributed by atoms with E-state index in [4.69, 9.17) is 14.2 Å². The van der Waals surface area contributed by atoms with Crippen LogP contribution in [0.3, 0.4) is 0 Å². The van der Waals surface area contributed by atoms with Crippen LogP contribution < -0.4 is 19.5 Å². The Labute approximate surface area is 225 Å². The van der Waals surface area contributed by atoms with Gasteiger partial charge < -0.3 is 19.5 Å². The summed E-state index contributed by atoms with van der Waals surface area (Å²) in [6.45, 7) is 2.99. The molecule has 0 aromatic heterocycles. The quantitative estimate of drug-likeness (QED) is 0.438. The van der Waals surface area contributed by atoms with Crippen molar-refractivity contribution in [3.05, 3.63) is 53.1 Å². The Balaban J connectivity index is 1.03. The lowest BCUT2D eigenvalue weighted by molar-refractivity contribution is -0.129. The van der Waals surface area contributed by atoms with Gasteiger partial charge in [-0.1, -0.05) is 25.5 Å². The molecule has 1 aliphatic heterocycles. The summed E-state index contributed by atoms with van der Waals surface area (Å²) < 4.78 is 16.2. The van der Waals surface area contributed by atoms with Crippen LogP contribution in [-0.2, 0) is 22.6 Å². The molecule has 202 valence electrons. The van der Waals surface area contributed by atoms with E-state index >= 15 is 0 Å². The SMILES string of the molecule is COc1ccc2c(c1)CC[C@H]1[C@@H]3[C@H](CCCCC(=O)NCc4ccc5c(c4)OCO5)CC(=O)[C@@]3(C)CC[C@H]21. The summed E-state index contributed by atoms with van der Waals surface area (Å²) >= 11 is 0. The topological polar surface area (TPSA) is 73.9 Å². The first-order valence-electron chi connectivity index (χ1n) is 14.3. The lowest BCUT2D eigenvalue weighted by Gasteiger charge is -2.50. The molecule has 0 spiro atoms. The van der Waals surface area contributed by atoms with Crippen LogP contribution in [0.25, 0.3) is 0 Å². The molecule has 4 aliphatic rings. The van der Waals surface area contributed by atoms with Gasteiger partial charge in [-0.25, -0.2) is 0 Å². The highest BCUT2D eigenvalue weighted by molar-refractivity contribution is 5.87. The molecule has 6 rings (SSSR count). The van der Waals surface area contributed by atoms with Crippen molar-refractivity contribution in [1.29, 1.82) is 0 Å². The number of hydrogen-bond acceptors (Lipinski definition) is 5. The number of unbranched alkanes of at least 4 members (excludes halogenated alkanes) is 1. The lowest BCUT2D eigenvalue weighted by Crippen LogP contribution is -2.44. The number of aryl methyl sites for hydroxylation is 1. The molecule has 6 nitrogen and oxygen atoms in total. The second-order valence-electron chi connectivity index (χ2n) is 12.0. The average molecular weight is 518 g/mol. The number of benzene rings is 2. The highest BCUT2D eigenvalue weighted by atomic mass is 16.7. The Morgan fingerprint density at radius 3 is 2.84 bits per heavy atom. The molecule has 0 unspecified atom stereocenters. The predicted molar refractivity (Wildman–Crippen MR) is 144 cm³/mol. The van der Waals surface area contributed by atoms with Crippen LogP contribution in [-0.4, -0.2) is 25.6 Å². The van der Waals surface area contributed by atoms with Crippen molar-refractivity contribution in [2.24, 2.45) is 23.2 Å². The van der Waals surface area contributed by atoms with E-state index < -0.39 is 0 Å². The summed E-state index contributed by atoms with van der Waals surface area (Å²) in [5.74, 6) is 5.02. The Bertz CT molecular complexity index is 1220. The fourth-order valence-corrected chi connectivity index (χ4v) is 8.04. The summed E-state index contributed by atoms with van der Waals surface area (Å²) in [7, 11) is 1.73. The zero-order chi connectivity index (χ0) is 26.3. The average Bonchev–Trinajstić information content (AvgIpc) is 3.50. The maximum absolute atomic E-state index is 13.3. The highest BCUT2D eigenvalue weighted by Gasteiger charge is 2.58. The van der Waals surface area contributed by atoms with Crippen molar-refractivity contribution < 1.29 is 23.8 Å². The van der Waals surface area contributed by atoms with Gasteiger partial charge in [-0.3, -0.25) is 9.59 Å². The number of ketones is 1. The van der Waals surface area contributed by atoms with E-state index in [1.807, 2.05) is 18.2 Å². The van der Waals surface area contributed by atoms with Crippen molar-refractivity contribution in [1.82, 2.24) is 5.32 Å². The van der Waals surface area contributed by atoms with Crippen molar-refractivity contribution >= 4 is 11.7 Å². The van der Waals surface area contributed by atoms with Gasteiger partial charge in [0, 0.05) is 24.8 Å². The fraction of sp³-hybridized carbons (Fsp3) is 0.562. The molecule has 2 fully saturated rings. The van der Waals surface area contributed by atoms with Crippen LogP contribution >= 0.6 is 0 Å². The van der Waals surface area contributed by atoms with Gasteiger partial charge in [0.05, 0.1) is 7.11 Å². The molecule has 2 saturated carbocycles. The Kier molecular flexibility index (Phi) is 6.83. The summed E-state index contributed by atoms with van der Waals surface area (Å²) in [5.41, 5.74) is 3.76. The van der Waals surface area contributed by atoms with Gasteiger partial charge >= 0.3 is 0 Å². The van der Waals surface area contributed by atoms with Gasteiger partial charge in [0.2, 0.25) is 12.7 Å². The van der Waals surface area contributed by atoms with Crippen LogP contribution in [0.15, 0.2) is 36.4 Å². The van der Waals surface area contributed by atoms with E-state index in [0.29, 0.717) is 42.4 Å². The normalized spacial score (nSPS) is 28.8. The third-order valence-electron chi connectivity index (χ3n) is 9.93.